The second kappa shape index (κ2) is 5.66. The number of aromatic carboxylic acids is 1. The predicted octanol–water partition coefficient (Wildman–Crippen LogP) is 2.74. The first-order valence-electron chi connectivity index (χ1n) is 6.08. The van der Waals surface area contributed by atoms with Crippen molar-refractivity contribution < 1.29 is 14.6 Å². The zero-order valence-corrected chi connectivity index (χ0v) is 9.76. The average molecular weight is 235 g/mol. The van der Waals surface area contributed by atoms with Gasteiger partial charge >= 0.3 is 5.97 Å². The predicted molar refractivity (Wildman–Crippen MR) is 63.3 cm³/mol. The lowest BCUT2D eigenvalue weighted by Crippen LogP contribution is -2.15. The fraction of sp³-hybridized carbons (Fsp3) is 0.538. The molecule has 2 rings (SSSR count). The van der Waals surface area contributed by atoms with Crippen molar-refractivity contribution in [1.82, 2.24) is 4.98 Å². The lowest BCUT2D eigenvalue weighted by atomic mass is 9.90. The first-order chi connectivity index (χ1) is 8.25. The lowest BCUT2D eigenvalue weighted by molar-refractivity contribution is 0.0690. The van der Waals surface area contributed by atoms with E-state index in [1.54, 1.807) is 6.07 Å². The van der Waals surface area contributed by atoms with Crippen LogP contribution >= 0.6 is 0 Å². The Balaban J connectivity index is 1.84. The number of hydrogen-bond donors (Lipinski definition) is 1. The van der Waals surface area contributed by atoms with Crippen LogP contribution in [0.4, 0.5) is 0 Å². The minimum absolute atomic E-state index is 0.0509. The van der Waals surface area contributed by atoms with Crippen LogP contribution in [0.3, 0.4) is 0 Å². The van der Waals surface area contributed by atoms with Crippen LogP contribution in [-0.2, 0) is 0 Å². The molecule has 0 saturated heterocycles. The summed E-state index contributed by atoms with van der Waals surface area (Å²) >= 11 is 0. The number of hydrogen-bond acceptors (Lipinski definition) is 3. The highest BCUT2D eigenvalue weighted by Crippen LogP contribution is 2.24. The Hall–Kier alpha value is -1.58. The summed E-state index contributed by atoms with van der Waals surface area (Å²) in [6.45, 7) is 0.716. The van der Waals surface area contributed by atoms with Crippen molar-refractivity contribution in [2.24, 2.45) is 5.92 Å². The van der Waals surface area contributed by atoms with Crippen molar-refractivity contribution in [3.05, 3.63) is 24.0 Å². The maximum Gasteiger partial charge on any atom is 0.354 e. The Morgan fingerprint density at radius 2 is 2.12 bits per heavy atom. The summed E-state index contributed by atoms with van der Waals surface area (Å²) in [5, 5.41) is 8.71. The van der Waals surface area contributed by atoms with Gasteiger partial charge in [0, 0.05) is 0 Å². The summed E-state index contributed by atoms with van der Waals surface area (Å²) in [4.78, 5) is 14.4. The van der Waals surface area contributed by atoms with Crippen molar-refractivity contribution in [2.45, 2.75) is 32.1 Å². The summed E-state index contributed by atoms with van der Waals surface area (Å²) in [5.74, 6) is 0.285. The van der Waals surface area contributed by atoms with E-state index < -0.39 is 5.97 Å². The third kappa shape index (κ3) is 3.44. The molecular weight excluding hydrogens is 218 g/mol. The maximum absolute atomic E-state index is 10.6. The van der Waals surface area contributed by atoms with Crippen molar-refractivity contribution in [3.63, 3.8) is 0 Å². The Kier molecular flexibility index (Phi) is 3.96. The molecule has 0 radical (unpaired) electrons. The molecule has 1 N–H and O–H groups in total. The highest BCUT2D eigenvalue weighted by atomic mass is 16.5. The minimum atomic E-state index is -1.01. The van der Waals surface area contributed by atoms with Gasteiger partial charge in [-0.2, -0.15) is 0 Å². The van der Waals surface area contributed by atoms with Gasteiger partial charge in [0.25, 0.3) is 0 Å². The van der Waals surface area contributed by atoms with E-state index in [1.165, 1.54) is 44.4 Å². The average Bonchev–Trinajstić information content (AvgIpc) is 2.38. The Bertz CT molecular complexity index is 369. The molecule has 1 aliphatic carbocycles. The minimum Gasteiger partial charge on any atom is -0.492 e. The second-order valence-electron chi connectivity index (χ2n) is 4.50. The molecule has 0 unspecified atom stereocenters. The van der Waals surface area contributed by atoms with Crippen LogP contribution in [0, 0.1) is 5.92 Å². The number of aromatic nitrogens is 1. The van der Waals surface area contributed by atoms with Gasteiger partial charge in [-0.25, -0.2) is 9.78 Å². The van der Waals surface area contributed by atoms with Crippen LogP contribution in [0.15, 0.2) is 18.3 Å². The number of nitrogens with zero attached hydrogens (tertiary/aromatic N) is 1. The summed E-state index contributed by atoms with van der Waals surface area (Å²) in [6.07, 6.45) is 7.88. The Morgan fingerprint density at radius 3 is 2.71 bits per heavy atom. The van der Waals surface area contributed by atoms with Crippen LogP contribution in [0.2, 0.25) is 0 Å². The standard InChI is InChI=1S/C13H17NO3/c15-13(16)12-7-6-11(8-14-12)17-9-10-4-2-1-3-5-10/h6-8,10H,1-5,9H2,(H,15,16). The van der Waals surface area contributed by atoms with Gasteiger partial charge in [-0.3, -0.25) is 0 Å². The zero-order chi connectivity index (χ0) is 12.1. The van der Waals surface area contributed by atoms with Gasteiger partial charge in [-0.05, 0) is 30.9 Å². The van der Waals surface area contributed by atoms with E-state index in [2.05, 4.69) is 4.98 Å². The molecule has 1 aromatic rings. The summed E-state index contributed by atoms with van der Waals surface area (Å²) in [5.41, 5.74) is 0.0509. The number of carboxylic acids is 1. The van der Waals surface area contributed by atoms with Crippen LogP contribution in [0.1, 0.15) is 42.6 Å². The van der Waals surface area contributed by atoms with Gasteiger partial charge in [0.1, 0.15) is 11.4 Å². The summed E-state index contributed by atoms with van der Waals surface area (Å²) in [6, 6.07) is 3.14. The topological polar surface area (TPSA) is 59.4 Å². The number of ether oxygens (including phenoxy) is 1. The molecule has 0 atom stereocenters. The molecule has 1 fully saturated rings. The molecule has 0 amide bonds. The SMILES string of the molecule is O=C(O)c1ccc(OCC2CCCCC2)cn1. The number of carboxylic acid groups (broad SMARTS) is 1. The molecule has 4 heteroatoms. The van der Waals surface area contributed by atoms with Gasteiger partial charge in [0.15, 0.2) is 0 Å². The molecule has 1 heterocycles. The maximum atomic E-state index is 10.6. The highest BCUT2D eigenvalue weighted by molar-refractivity contribution is 5.85. The summed E-state index contributed by atoms with van der Waals surface area (Å²) in [7, 11) is 0. The van der Waals surface area contributed by atoms with E-state index in [4.69, 9.17) is 9.84 Å². The molecule has 0 aliphatic heterocycles. The van der Waals surface area contributed by atoms with E-state index in [0.29, 0.717) is 18.3 Å². The van der Waals surface area contributed by atoms with Gasteiger partial charge in [-0.15, -0.1) is 0 Å². The largest absolute Gasteiger partial charge is 0.492 e. The van der Waals surface area contributed by atoms with Gasteiger partial charge in [-0.1, -0.05) is 19.3 Å². The third-order valence-corrected chi connectivity index (χ3v) is 3.17. The Labute approximate surface area is 101 Å². The van der Waals surface area contributed by atoms with Crippen LogP contribution in [0.25, 0.3) is 0 Å². The van der Waals surface area contributed by atoms with Gasteiger partial charge < -0.3 is 9.84 Å². The Morgan fingerprint density at radius 1 is 1.35 bits per heavy atom. The number of rotatable bonds is 4. The number of carbonyl (C=O) groups is 1. The van der Waals surface area contributed by atoms with Gasteiger partial charge in [0.2, 0.25) is 0 Å². The fourth-order valence-corrected chi connectivity index (χ4v) is 2.16. The van der Waals surface area contributed by atoms with Crippen molar-refractivity contribution in [2.75, 3.05) is 6.61 Å². The van der Waals surface area contributed by atoms with Crippen LogP contribution in [-0.4, -0.2) is 22.7 Å². The van der Waals surface area contributed by atoms with E-state index in [0.717, 1.165) is 0 Å². The van der Waals surface area contributed by atoms with E-state index in [1.807, 2.05) is 0 Å². The smallest absolute Gasteiger partial charge is 0.354 e. The monoisotopic (exact) mass is 235 g/mol. The normalized spacial score (nSPS) is 16.7. The van der Waals surface area contributed by atoms with Crippen LogP contribution < -0.4 is 4.74 Å². The third-order valence-electron chi connectivity index (χ3n) is 3.17. The number of pyridine rings is 1. The molecule has 92 valence electrons. The second-order valence-corrected chi connectivity index (χ2v) is 4.50. The molecule has 1 aliphatic rings. The molecule has 0 bridgehead atoms. The quantitative estimate of drug-likeness (QED) is 0.871. The molecule has 1 aromatic heterocycles. The first kappa shape index (κ1) is 11.9. The molecule has 17 heavy (non-hydrogen) atoms. The van der Waals surface area contributed by atoms with Crippen molar-refractivity contribution in [1.29, 1.82) is 0 Å². The summed E-state index contributed by atoms with van der Waals surface area (Å²) < 4.78 is 5.62. The molecule has 1 saturated carbocycles. The lowest BCUT2D eigenvalue weighted by Gasteiger charge is -2.21. The molecule has 0 spiro atoms. The van der Waals surface area contributed by atoms with E-state index in [-0.39, 0.29) is 5.69 Å². The molecule has 0 aromatic carbocycles. The van der Waals surface area contributed by atoms with Crippen LogP contribution in [0.5, 0.6) is 5.75 Å². The van der Waals surface area contributed by atoms with Gasteiger partial charge in [0.05, 0.1) is 12.8 Å². The van der Waals surface area contributed by atoms with Crippen molar-refractivity contribution >= 4 is 5.97 Å². The fourth-order valence-electron chi connectivity index (χ4n) is 2.16. The van der Waals surface area contributed by atoms with E-state index in [9.17, 15) is 4.79 Å². The van der Waals surface area contributed by atoms with Crippen molar-refractivity contribution in [3.8, 4) is 5.75 Å². The molecule has 4 nitrogen and oxygen atoms in total. The highest BCUT2D eigenvalue weighted by Gasteiger charge is 2.14. The molecular formula is C13H17NO3. The van der Waals surface area contributed by atoms with E-state index >= 15 is 0 Å². The zero-order valence-electron chi connectivity index (χ0n) is 9.76. The first-order valence-corrected chi connectivity index (χ1v) is 6.08.